The molecule has 34 heavy (non-hydrogen) atoms. The fourth-order valence-electron chi connectivity index (χ4n) is 4.43. The number of morpholine rings is 1. The standard InChI is InChI=1S/C23H32N6O4S/c1-13(2)10-28-7-8-33-16(11-28)9-24-17(30)12-34-22-18-20(25-19(26-22)14-3-4-14)29(15-5-6-15)23(32)27-21(18)31/h13-16H,3-12H2,1-2H3,(H,24,30)(H,27,31,32)/t16-/m1/s1. The van der Waals surface area contributed by atoms with Gasteiger partial charge in [-0.1, -0.05) is 25.6 Å². The summed E-state index contributed by atoms with van der Waals surface area (Å²) in [7, 11) is 0. The second-order valence-electron chi connectivity index (χ2n) is 9.96. The van der Waals surface area contributed by atoms with Crippen molar-refractivity contribution in [1.82, 2.24) is 29.7 Å². The number of nitrogens with one attached hydrogen (secondary N) is 2. The Hall–Kier alpha value is -2.24. The van der Waals surface area contributed by atoms with Crippen molar-refractivity contribution < 1.29 is 9.53 Å². The first kappa shape index (κ1) is 23.5. The van der Waals surface area contributed by atoms with Crippen LogP contribution in [0.2, 0.25) is 0 Å². The van der Waals surface area contributed by atoms with Crippen molar-refractivity contribution in [2.24, 2.45) is 5.92 Å². The topological polar surface area (TPSA) is 122 Å². The highest BCUT2D eigenvalue weighted by atomic mass is 32.2. The molecule has 0 unspecified atom stereocenters. The summed E-state index contributed by atoms with van der Waals surface area (Å²) in [5, 5.41) is 3.73. The molecule has 10 nitrogen and oxygen atoms in total. The number of ether oxygens (including phenoxy) is 1. The summed E-state index contributed by atoms with van der Waals surface area (Å²) in [6, 6.07) is 0.0701. The largest absolute Gasteiger partial charge is 0.374 e. The van der Waals surface area contributed by atoms with Crippen LogP contribution >= 0.6 is 11.8 Å². The Morgan fingerprint density at radius 2 is 2.03 bits per heavy atom. The summed E-state index contributed by atoms with van der Waals surface area (Å²) in [6.45, 7) is 8.27. The molecule has 3 aliphatic rings. The quantitative estimate of drug-likeness (QED) is 0.400. The third kappa shape index (κ3) is 5.36. The maximum atomic E-state index is 12.7. The van der Waals surface area contributed by atoms with Crippen molar-refractivity contribution in [2.75, 3.05) is 38.5 Å². The summed E-state index contributed by atoms with van der Waals surface area (Å²) in [5.74, 6) is 1.50. The number of carbonyl (C=O) groups is 1. The van der Waals surface area contributed by atoms with Crippen LogP contribution in [0.15, 0.2) is 14.6 Å². The van der Waals surface area contributed by atoms with E-state index in [1.54, 1.807) is 4.57 Å². The van der Waals surface area contributed by atoms with Crippen molar-refractivity contribution in [3.05, 3.63) is 26.7 Å². The zero-order chi connectivity index (χ0) is 23.8. The molecule has 2 aromatic heterocycles. The maximum absolute atomic E-state index is 12.7. The number of carbonyl (C=O) groups excluding carboxylic acids is 1. The molecule has 5 rings (SSSR count). The highest BCUT2D eigenvalue weighted by Crippen LogP contribution is 2.40. The number of rotatable bonds is 9. The number of H-pyrrole nitrogens is 1. The molecule has 1 saturated heterocycles. The Morgan fingerprint density at radius 3 is 2.74 bits per heavy atom. The predicted molar refractivity (Wildman–Crippen MR) is 129 cm³/mol. The van der Waals surface area contributed by atoms with Gasteiger partial charge in [0, 0.05) is 38.1 Å². The lowest BCUT2D eigenvalue weighted by molar-refractivity contribution is -0.119. The first-order chi connectivity index (χ1) is 16.4. The zero-order valence-electron chi connectivity index (χ0n) is 19.7. The minimum absolute atomic E-state index is 0.0291. The van der Waals surface area contributed by atoms with Crippen LogP contribution in [-0.2, 0) is 9.53 Å². The summed E-state index contributed by atoms with van der Waals surface area (Å²) in [6.07, 6.45) is 3.77. The smallest absolute Gasteiger partial charge is 0.330 e. The van der Waals surface area contributed by atoms with Crippen LogP contribution in [-0.4, -0.2) is 75.0 Å². The van der Waals surface area contributed by atoms with Crippen LogP contribution in [0.4, 0.5) is 0 Å². The zero-order valence-corrected chi connectivity index (χ0v) is 20.5. The fraction of sp³-hybridized carbons (Fsp3) is 0.696. The van der Waals surface area contributed by atoms with Crippen LogP contribution in [0.3, 0.4) is 0 Å². The Morgan fingerprint density at radius 1 is 1.24 bits per heavy atom. The SMILES string of the molecule is CC(C)CN1CCO[C@H](CNC(=O)CSc2nc(C3CC3)nc3c2c(=O)[nH]c(=O)n3C2CC2)C1. The second-order valence-corrected chi connectivity index (χ2v) is 10.9. The number of nitrogens with zero attached hydrogens (tertiary/aromatic N) is 4. The van der Waals surface area contributed by atoms with E-state index in [2.05, 4.69) is 39.0 Å². The highest BCUT2D eigenvalue weighted by molar-refractivity contribution is 8.00. The molecule has 1 amide bonds. The van der Waals surface area contributed by atoms with Gasteiger partial charge in [0.1, 0.15) is 16.2 Å². The number of aromatic nitrogens is 4. The summed E-state index contributed by atoms with van der Waals surface area (Å²) in [4.78, 5) is 51.9. The van der Waals surface area contributed by atoms with Crippen LogP contribution in [0.1, 0.15) is 57.3 Å². The van der Waals surface area contributed by atoms with E-state index in [0.717, 1.165) is 45.3 Å². The molecule has 3 heterocycles. The van der Waals surface area contributed by atoms with Crippen molar-refractivity contribution in [2.45, 2.75) is 62.6 Å². The van der Waals surface area contributed by atoms with E-state index in [1.807, 2.05) is 0 Å². The third-order valence-corrected chi connectivity index (χ3v) is 7.31. The Bertz CT molecular complexity index is 1190. The predicted octanol–water partition coefficient (Wildman–Crippen LogP) is 1.26. The van der Waals surface area contributed by atoms with Crippen molar-refractivity contribution in [1.29, 1.82) is 0 Å². The molecule has 1 aliphatic heterocycles. The van der Waals surface area contributed by atoms with E-state index in [-0.39, 0.29) is 29.7 Å². The molecule has 0 bridgehead atoms. The molecule has 184 valence electrons. The normalized spacial score (nSPS) is 21.3. The van der Waals surface area contributed by atoms with Crippen LogP contribution in [0.5, 0.6) is 0 Å². The average molecular weight is 489 g/mol. The molecule has 2 N–H and O–H groups in total. The Labute approximate surface area is 201 Å². The maximum Gasteiger partial charge on any atom is 0.330 e. The molecule has 1 atom stereocenters. The van der Waals surface area contributed by atoms with E-state index in [4.69, 9.17) is 4.74 Å². The summed E-state index contributed by atoms with van der Waals surface area (Å²) < 4.78 is 7.41. The van der Waals surface area contributed by atoms with E-state index < -0.39 is 11.2 Å². The lowest BCUT2D eigenvalue weighted by Crippen LogP contribution is -2.48. The lowest BCUT2D eigenvalue weighted by atomic mass is 10.2. The monoisotopic (exact) mass is 488 g/mol. The van der Waals surface area contributed by atoms with Gasteiger partial charge in [0.25, 0.3) is 5.56 Å². The Kier molecular flexibility index (Phi) is 6.76. The van der Waals surface area contributed by atoms with Crippen LogP contribution in [0.25, 0.3) is 11.0 Å². The number of aromatic amines is 1. The van der Waals surface area contributed by atoms with Gasteiger partial charge in [0.2, 0.25) is 5.91 Å². The fourth-order valence-corrected chi connectivity index (χ4v) is 5.29. The third-order valence-electron chi connectivity index (χ3n) is 6.34. The van der Waals surface area contributed by atoms with E-state index >= 15 is 0 Å². The molecular formula is C23H32N6O4S. The van der Waals surface area contributed by atoms with Crippen molar-refractivity contribution in [3.63, 3.8) is 0 Å². The minimum Gasteiger partial charge on any atom is -0.374 e. The van der Waals surface area contributed by atoms with Gasteiger partial charge >= 0.3 is 5.69 Å². The van der Waals surface area contributed by atoms with Gasteiger partial charge in [-0.3, -0.25) is 24.0 Å². The van der Waals surface area contributed by atoms with Gasteiger partial charge < -0.3 is 10.1 Å². The Balaban J connectivity index is 1.28. The van der Waals surface area contributed by atoms with Gasteiger partial charge in [-0.05, 0) is 31.6 Å². The van der Waals surface area contributed by atoms with Gasteiger partial charge in [-0.15, -0.1) is 0 Å². The average Bonchev–Trinajstić information content (AvgIpc) is 3.69. The highest BCUT2D eigenvalue weighted by Gasteiger charge is 2.32. The first-order valence-electron chi connectivity index (χ1n) is 12.2. The molecule has 2 aromatic rings. The van der Waals surface area contributed by atoms with Gasteiger partial charge in [-0.2, -0.15) is 0 Å². The van der Waals surface area contributed by atoms with Crippen LogP contribution in [0, 0.1) is 5.92 Å². The van der Waals surface area contributed by atoms with E-state index in [1.165, 1.54) is 11.8 Å². The lowest BCUT2D eigenvalue weighted by Gasteiger charge is -2.33. The molecular weight excluding hydrogens is 456 g/mol. The molecule has 11 heteroatoms. The number of fused-ring (bicyclic) bond motifs is 1. The second kappa shape index (κ2) is 9.79. The number of hydrogen-bond acceptors (Lipinski definition) is 8. The van der Waals surface area contributed by atoms with Crippen molar-refractivity contribution in [3.8, 4) is 0 Å². The molecule has 0 radical (unpaired) electrons. The van der Waals surface area contributed by atoms with E-state index in [0.29, 0.717) is 41.0 Å². The van der Waals surface area contributed by atoms with Gasteiger partial charge in [-0.25, -0.2) is 14.8 Å². The van der Waals surface area contributed by atoms with Crippen LogP contribution < -0.4 is 16.6 Å². The molecule has 0 aromatic carbocycles. The number of hydrogen-bond donors (Lipinski definition) is 2. The van der Waals surface area contributed by atoms with Gasteiger partial charge in [0.05, 0.1) is 18.5 Å². The number of thioether (sulfide) groups is 1. The summed E-state index contributed by atoms with van der Waals surface area (Å²) in [5.41, 5.74) is -0.520. The molecule has 2 aliphatic carbocycles. The van der Waals surface area contributed by atoms with Gasteiger partial charge in [0.15, 0.2) is 5.65 Å². The summed E-state index contributed by atoms with van der Waals surface area (Å²) >= 11 is 1.22. The molecule has 0 spiro atoms. The molecule has 3 fully saturated rings. The van der Waals surface area contributed by atoms with E-state index in [9.17, 15) is 14.4 Å². The first-order valence-corrected chi connectivity index (χ1v) is 13.2. The minimum atomic E-state index is -0.497. The molecule has 2 saturated carbocycles. The van der Waals surface area contributed by atoms with Crippen molar-refractivity contribution >= 4 is 28.7 Å². The number of amides is 1.